The number of rotatable bonds is 3. The molecule has 0 radical (unpaired) electrons. The van der Waals surface area contributed by atoms with Crippen molar-refractivity contribution in [3.63, 3.8) is 0 Å². The highest BCUT2D eigenvalue weighted by molar-refractivity contribution is 5.90. The Balaban J connectivity index is 3.17. The number of hydrogen-bond acceptors (Lipinski definition) is 3. The lowest BCUT2D eigenvalue weighted by Gasteiger charge is -2.10. The standard InChI is InChI=1S/C12H16O3/c1-8(2)9-5-10(12(13)15-4)7-11(6-9)14-3/h5-8H,1-4H3. The molecule has 0 N–H and O–H groups in total. The highest BCUT2D eigenvalue weighted by Crippen LogP contribution is 2.23. The van der Waals surface area contributed by atoms with Gasteiger partial charge in [0.25, 0.3) is 0 Å². The van der Waals surface area contributed by atoms with Crippen LogP contribution >= 0.6 is 0 Å². The van der Waals surface area contributed by atoms with Crippen molar-refractivity contribution in [2.45, 2.75) is 19.8 Å². The molecule has 0 aliphatic rings. The lowest BCUT2D eigenvalue weighted by Crippen LogP contribution is -2.03. The molecule has 1 aromatic rings. The van der Waals surface area contributed by atoms with Gasteiger partial charge in [-0.2, -0.15) is 0 Å². The van der Waals surface area contributed by atoms with Crippen molar-refractivity contribution in [3.8, 4) is 5.75 Å². The van der Waals surface area contributed by atoms with Gasteiger partial charge in [0.1, 0.15) is 5.75 Å². The Morgan fingerprint density at radius 2 is 1.87 bits per heavy atom. The minimum atomic E-state index is -0.337. The van der Waals surface area contributed by atoms with E-state index in [0.717, 1.165) is 5.56 Å². The number of methoxy groups -OCH3 is 2. The van der Waals surface area contributed by atoms with E-state index in [1.54, 1.807) is 13.2 Å². The van der Waals surface area contributed by atoms with Gasteiger partial charge in [0.05, 0.1) is 19.8 Å². The van der Waals surface area contributed by atoms with Crippen LogP contribution in [0.4, 0.5) is 0 Å². The summed E-state index contributed by atoms with van der Waals surface area (Å²) in [5, 5.41) is 0. The molecule has 0 heterocycles. The van der Waals surface area contributed by atoms with Crippen LogP contribution in [0.1, 0.15) is 35.7 Å². The molecule has 0 unspecified atom stereocenters. The fraction of sp³-hybridized carbons (Fsp3) is 0.417. The van der Waals surface area contributed by atoms with E-state index in [4.69, 9.17) is 4.74 Å². The maximum atomic E-state index is 11.4. The van der Waals surface area contributed by atoms with Gasteiger partial charge in [0.15, 0.2) is 0 Å². The summed E-state index contributed by atoms with van der Waals surface area (Å²) in [7, 11) is 2.96. The second kappa shape index (κ2) is 4.82. The van der Waals surface area contributed by atoms with Gasteiger partial charge in [-0.3, -0.25) is 0 Å². The molecule has 3 heteroatoms. The second-order valence-electron chi connectivity index (χ2n) is 3.64. The molecule has 0 spiro atoms. The zero-order valence-corrected chi connectivity index (χ0v) is 9.53. The van der Waals surface area contributed by atoms with Gasteiger partial charge in [0, 0.05) is 0 Å². The number of carbonyl (C=O) groups excluding carboxylic acids is 1. The Morgan fingerprint density at radius 1 is 1.20 bits per heavy atom. The fourth-order valence-electron chi connectivity index (χ4n) is 1.31. The second-order valence-corrected chi connectivity index (χ2v) is 3.64. The average Bonchev–Trinajstić information content (AvgIpc) is 2.27. The lowest BCUT2D eigenvalue weighted by molar-refractivity contribution is 0.0600. The predicted molar refractivity (Wildman–Crippen MR) is 58.4 cm³/mol. The molecule has 1 rings (SSSR count). The number of benzene rings is 1. The van der Waals surface area contributed by atoms with E-state index in [1.807, 2.05) is 12.1 Å². The van der Waals surface area contributed by atoms with Crippen LogP contribution in [0.3, 0.4) is 0 Å². The molecule has 0 aromatic heterocycles. The fourth-order valence-corrected chi connectivity index (χ4v) is 1.31. The third kappa shape index (κ3) is 2.72. The van der Waals surface area contributed by atoms with Gasteiger partial charge in [-0.25, -0.2) is 4.79 Å². The molecule has 0 saturated heterocycles. The molecule has 1 aromatic carbocycles. The molecule has 82 valence electrons. The predicted octanol–water partition coefficient (Wildman–Crippen LogP) is 2.61. The summed E-state index contributed by atoms with van der Waals surface area (Å²) < 4.78 is 9.81. The monoisotopic (exact) mass is 208 g/mol. The van der Waals surface area contributed by atoms with Gasteiger partial charge in [0.2, 0.25) is 0 Å². The normalized spacial score (nSPS) is 10.2. The maximum absolute atomic E-state index is 11.4. The molecule has 0 aliphatic carbocycles. The van der Waals surface area contributed by atoms with Gasteiger partial charge < -0.3 is 9.47 Å². The van der Waals surface area contributed by atoms with Crippen molar-refractivity contribution in [3.05, 3.63) is 29.3 Å². The Kier molecular flexibility index (Phi) is 3.72. The Morgan fingerprint density at radius 3 is 2.33 bits per heavy atom. The van der Waals surface area contributed by atoms with Gasteiger partial charge in [-0.15, -0.1) is 0 Å². The summed E-state index contributed by atoms with van der Waals surface area (Å²) in [4.78, 5) is 11.4. The molecule has 15 heavy (non-hydrogen) atoms. The third-order valence-corrected chi connectivity index (χ3v) is 2.25. The molecule has 0 saturated carbocycles. The topological polar surface area (TPSA) is 35.5 Å². The van der Waals surface area contributed by atoms with Crippen molar-refractivity contribution >= 4 is 5.97 Å². The average molecular weight is 208 g/mol. The van der Waals surface area contributed by atoms with E-state index in [9.17, 15) is 4.79 Å². The van der Waals surface area contributed by atoms with Crippen LogP contribution in [0, 0.1) is 0 Å². The van der Waals surface area contributed by atoms with Crippen molar-refractivity contribution in [1.29, 1.82) is 0 Å². The highest BCUT2D eigenvalue weighted by Gasteiger charge is 2.10. The number of carbonyl (C=O) groups is 1. The first-order valence-corrected chi connectivity index (χ1v) is 4.85. The van der Waals surface area contributed by atoms with Gasteiger partial charge in [-0.1, -0.05) is 13.8 Å². The summed E-state index contributed by atoms with van der Waals surface area (Å²) in [5.41, 5.74) is 1.59. The Labute approximate surface area is 90.0 Å². The Bertz CT molecular complexity index is 356. The molecule has 0 amide bonds. The summed E-state index contributed by atoms with van der Waals surface area (Å²) >= 11 is 0. The zero-order valence-electron chi connectivity index (χ0n) is 9.53. The highest BCUT2D eigenvalue weighted by atomic mass is 16.5. The van der Waals surface area contributed by atoms with Crippen molar-refractivity contribution in [2.75, 3.05) is 14.2 Å². The summed E-state index contributed by atoms with van der Waals surface area (Å²) in [6.45, 7) is 4.13. The molecule has 0 bridgehead atoms. The molecule has 0 atom stereocenters. The Hall–Kier alpha value is -1.51. The van der Waals surface area contributed by atoms with Gasteiger partial charge in [-0.05, 0) is 29.7 Å². The van der Waals surface area contributed by atoms with Crippen LogP contribution in [0.15, 0.2) is 18.2 Å². The van der Waals surface area contributed by atoms with Gasteiger partial charge >= 0.3 is 5.97 Å². The molecular formula is C12H16O3. The van der Waals surface area contributed by atoms with E-state index in [0.29, 0.717) is 17.2 Å². The van der Waals surface area contributed by atoms with Crippen molar-refractivity contribution < 1.29 is 14.3 Å². The van der Waals surface area contributed by atoms with E-state index >= 15 is 0 Å². The maximum Gasteiger partial charge on any atom is 0.337 e. The number of hydrogen-bond donors (Lipinski definition) is 0. The van der Waals surface area contributed by atoms with Crippen LogP contribution < -0.4 is 4.74 Å². The van der Waals surface area contributed by atoms with E-state index in [2.05, 4.69) is 18.6 Å². The molecular weight excluding hydrogens is 192 g/mol. The zero-order chi connectivity index (χ0) is 11.4. The van der Waals surface area contributed by atoms with Crippen LogP contribution in [-0.2, 0) is 4.74 Å². The van der Waals surface area contributed by atoms with E-state index < -0.39 is 0 Å². The first-order valence-electron chi connectivity index (χ1n) is 4.85. The smallest absolute Gasteiger partial charge is 0.337 e. The lowest BCUT2D eigenvalue weighted by atomic mass is 10.0. The molecule has 0 fully saturated rings. The minimum absolute atomic E-state index is 0.337. The summed E-state index contributed by atoms with van der Waals surface area (Å²) in [6.07, 6.45) is 0. The minimum Gasteiger partial charge on any atom is -0.497 e. The van der Waals surface area contributed by atoms with Crippen molar-refractivity contribution in [2.24, 2.45) is 0 Å². The van der Waals surface area contributed by atoms with Crippen molar-refractivity contribution in [1.82, 2.24) is 0 Å². The van der Waals surface area contributed by atoms with Crippen LogP contribution in [-0.4, -0.2) is 20.2 Å². The molecule has 3 nitrogen and oxygen atoms in total. The van der Waals surface area contributed by atoms with Crippen LogP contribution in [0.2, 0.25) is 0 Å². The SMILES string of the molecule is COC(=O)c1cc(OC)cc(C(C)C)c1. The summed E-state index contributed by atoms with van der Waals surface area (Å²) in [6, 6.07) is 5.44. The van der Waals surface area contributed by atoms with E-state index in [1.165, 1.54) is 7.11 Å². The summed E-state index contributed by atoms with van der Waals surface area (Å²) in [5.74, 6) is 0.695. The third-order valence-electron chi connectivity index (χ3n) is 2.25. The first-order chi connectivity index (χ1) is 7.08. The quantitative estimate of drug-likeness (QED) is 0.716. The van der Waals surface area contributed by atoms with Crippen LogP contribution in [0.25, 0.3) is 0 Å². The number of ether oxygens (including phenoxy) is 2. The van der Waals surface area contributed by atoms with E-state index in [-0.39, 0.29) is 5.97 Å². The molecule has 0 aliphatic heterocycles. The first kappa shape index (κ1) is 11.6. The number of esters is 1. The largest absolute Gasteiger partial charge is 0.497 e. The van der Waals surface area contributed by atoms with Crippen LogP contribution in [0.5, 0.6) is 5.75 Å².